The van der Waals surface area contributed by atoms with E-state index in [9.17, 15) is 9.59 Å². The van der Waals surface area contributed by atoms with Crippen LogP contribution in [0.4, 0.5) is 10.7 Å². The Kier molecular flexibility index (Phi) is 5.70. The molecule has 1 aromatic heterocycles. The van der Waals surface area contributed by atoms with Crippen molar-refractivity contribution in [1.82, 2.24) is 14.9 Å². The van der Waals surface area contributed by atoms with Crippen LogP contribution >= 0.6 is 0 Å². The lowest BCUT2D eigenvalue weighted by Gasteiger charge is -2.19. The minimum atomic E-state index is -0.978. The largest absolute Gasteiger partial charge is 0.481 e. The maximum Gasteiger partial charge on any atom is 0.323 e. The molecule has 1 atom stereocenters. The van der Waals surface area contributed by atoms with Gasteiger partial charge >= 0.3 is 12.0 Å². The molecule has 1 rings (SSSR count). The van der Waals surface area contributed by atoms with Crippen molar-refractivity contribution in [3.05, 3.63) is 6.07 Å². The number of carboxylic acids is 1. The van der Waals surface area contributed by atoms with Gasteiger partial charge in [-0.3, -0.25) is 10.1 Å². The van der Waals surface area contributed by atoms with Crippen molar-refractivity contribution in [3.8, 4) is 11.8 Å². The number of urea groups is 1. The van der Waals surface area contributed by atoms with Gasteiger partial charge in [0.2, 0.25) is 17.7 Å². The number of nitrogens with zero attached hydrogens (tertiary/aromatic N) is 3. The highest BCUT2D eigenvalue weighted by molar-refractivity contribution is 5.87. The van der Waals surface area contributed by atoms with E-state index in [0.717, 1.165) is 0 Å². The predicted molar refractivity (Wildman–Crippen MR) is 73.6 cm³/mol. The van der Waals surface area contributed by atoms with Gasteiger partial charge in [0.15, 0.2) is 0 Å². The molecule has 1 unspecified atom stereocenters. The molecule has 1 aromatic rings. The van der Waals surface area contributed by atoms with Gasteiger partial charge in [-0.1, -0.05) is 6.92 Å². The third kappa shape index (κ3) is 4.79. The fraction of sp³-hybridized carbons (Fsp3) is 0.500. The van der Waals surface area contributed by atoms with E-state index >= 15 is 0 Å². The number of carbonyl (C=O) groups excluding carboxylic acids is 1. The highest BCUT2D eigenvalue weighted by Crippen LogP contribution is 2.17. The Balaban J connectivity index is 2.75. The summed E-state index contributed by atoms with van der Waals surface area (Å²) >= 11 is 0. The molecular formula is C12H18N4O5. The molecule has 9 nitrogen and oxygen atoms in total. The minimum Gasteiger partial charge on any atom is -0.481 e. The van der Waals surface area contributed by atoms with Crippen LogP contribution in [0.2, 0.25) is 0 Å². The number of aliphatic carboxylic acids is 1. The van der Waals surface area contributed by atoms with Crippen molar-refractivity contribution in [1.29, 1.82) is 0 Å². The van der Waals surface area contributed by atoms with Crippen LogP contribution in [0.25, 0.3) is 0 Å². The summed E-state index contributed by atoms with van der Waals surface area (Å²) in [6.45, 7) is 1.57. The van der Waals surface area contributed by atoms with E-state index in [1.54, 1.807) is 0 Å². The van der Waals surface area contributed by atoms with E-state index in [1.165, 1.54) is 39.2 Å². The number of nitrogens with one attached hydrogen (secondary N) is 1. The molecule has 0 saturated heterocycles. The van der Waals surface area contributed by atoms with Crippen molar-refractivity contribution in [2.75, 3.05) is 33.1 Å². The van der Waals surface area contributed by atoms with Crippen molar-refractivity contribution >= 4 is 17.9 Å². The molecular weight excluding hydrogens is 280 g/mol. The zero-order chi connectivity index (χ0) is 16.0. The number of hydrogen-bond donors (Lipinski definition) is 2. The molecule has 2 amide bonds. The van der Waals surface area contributed by atoms with Gasteiger partial charge in [-0.2, -0.15) is 9.97 Å². The van der Waals surface area contributed by atoms with Gasteiger partial charge in [0, 0.05) is 13.6 Å². The molecule has 0 fully saturated rings. The molecule has 0 aliphatic heterocycles. The highest BCUT2D eigenvalue weighted by Gasteiger charge is 2.18. The average Bonchev–Trinajstić information content (AvgIpc) is 2.46. The summed E-state index contributed by atoms with van der Waals surface area (Å²) in [4.78, 5) is 31.8. The fourth-order valence-corrected chi connectivity index (χ4v) is 1.43. The van der Waals surface area contributed by atoms with Crippen LogP contribution in [-0.4, -0.2) is 59.8 Å². The summed E-state index contributed by atoms with van der Waals surface area (Å²) in [5.41, 5.74) is 0. The number of anilines is 1. The summed E-state index contributed by atoms with van der Waals surface area (Å²) in [5, 5.41) is 11.3. The maximum absolute atomic E-state index is 11.9. The van der Waals surface area contributed by atoms with E-state index in [1.807, 2.05) is 0 Å². The van der Waals surface area contributed by atoms with Crippen LogP contribution < -0.4 is 14.8 Å². The third-order valence-corrected chi connectivity index (χ3v) is 2.63. The first-order chi connectivity index (χ1) is 9.87. The number of rotatable bonds is 6. The Morgan fingerprint density at radius 1 is 1.33 bits per heavy atom. The van der Waals surface area contributed by atoms with Gasteiger partial charge in [-0.05, 0) is 0 Å². The summed E-state index contributed by atoms with van der Waals surface area (Å²) < 4.78 is 9.92. The molecule has 0 spiro atoms. The summed E-state index contributed by atoms with van der Waals surface area (Å²) in [7, 11) is 4.33. The first-order valence-electron chi connectivity index (χ1n) is 6.09. The standard InChI is InChI=1S/C12H18N4O5/c1-7(10(17)18)6-16(2)12(19)15-11-13-8(20-3)5-9(14-11)21-4/h5,7H,6H2,1-4H3,(H,17,18)(H,13,14,15,19). The molecule has 2 N–H and O–H groups in total. The summed E-state index contributed by atoms with van der Waals surface area (Å²) in [5.74, 6) is -1.18. The Labute approximate surface area is 121 Å². The van der Waals surface area contributed by atoms with Crippen LogP contribution in [0.15, 0.2) is 6.07 Å². The van der Waals surface area contributed by atoms with E-state index in [-0.39, 0.29) is 24.3 Å². The Bertz CT molecular complexity index is 500. The van der Waals surface area contributed by atoms with Crippen molar-refractivity contribution in [2.45, 2.75) is 6.92 Å². The maximum atomic E-state index is 11.9. The van der Waals surface area contributed by atoms with Crippen molar-refractivity contribution in [3.63, 3.8) is 0 Å². The summed E-state index contributed by atoms with van der Waals surface area (Å²) in [6.07, 6.45) is 0. The average molecular weight is 298 g/mol. The van der Waals surface area contributed by atoms with Crippen molar-refractivity contribution < 1.29 is 24.2 Å². The number of aromatic nitrogens is 2. The van der Waals surface area contributed by atoms with E-state index < -0.39 is 17.9 Å². The molecule has 21 heavy (non-hydrogen) atoms. The number of carbonyl (C=O) groups is 2. The SMILES string of the molecule is COc1cc(OC)nc(NC(=O)N(C)CC(C)C(=O)O)n1. The highest BCUT2D eigenvalue weighted by atomic mass is 16.5. The second kappa shape index (κ2) is 7.27. The third-order valence-electron chi connectivity index (χ3n) is 2.63. The van der Waals surface area contributed by atoms with Gasteiger partial charge in [0.25, 0.3) is 0 Å². The Hall–Kier alpha value is -2.58. The van der Waals surface area contributed by atoms with E-state index in [2.05, 4.69) is 15.3 Å². The lowest BCUT2D eigenvalue weighted by Crippen LogP contribution is -2.37. The molecule has 0 aromatic carbocycles. The minimum absolute atomic E-state index is 0.00558. The first-order valence-corrected chi connectivity index (χ1v) is 6.09. The first kappa shape index (κ1) is 16.5. The topological polar surface area (TPSA) is 114 Å². The smallest absolute Gasteiger partial charge is 0.323 e. The van der Waals surface area contributed by atoms with Gasteiger partial charge in [0.05, 0.1) is 26.2 Å². The second-order valence-electron chi connectivity index (χ2n) is 4.33. The van der Waals surface area contributed by atoms with Gasteiger partial charge < -0.3 is 19.5 Å². The van der Waals surface area contributed by atoms with E-state index in [0.29, 0.717) is 0 Å². The van der Waals surface area contributed by atoms with Gasteiger partial charge in [-0.15, -0.1) is 0 Å². The van der Waals surface area contributed by atoms with Gasteiger partial charge in [0.1, 0.15) is 0 Å². The van der Waals surface area contributed by atoms with Crippen LogP contribution in [0.1, 0.15) is 6.92 Å². The van der Waals surface area contributed by atoms with E-state index in [4.69, 9.17) is 14.6 Å². The molecule has 0 saturated carbocycles. The molecule has 116 valence electrons. The second-order valence-corrected chi connectivity index (χ2v) is 4.33. The quantitative estimate of drug-likeness (QED) is 0.793. The monoisotopic (exact) mass is 298 g/mol. The molecule has 9 heteroatoms. The lowest BCUT2D eigenvalue weighted by atomic mass is 10.2. The van der Waals surface area contributed by atoms with Crippen LogP contribution in [0.5, 0.6) is 11.8 Å². The summed E-state index contributed by atoms with van der Waals surface area (Å²) in [6, 6.07) is 0.935. The van der Waals surface area contributed by atoms with Gasteiger partial charge in [-0.25, -0.2) is 4.79 Å². The molecule has 1 heterocycles. The number of amides is 2. The lowest BCUT2D eigenvalue weighted by molar-refractivity contribution is -0.141. The number of carboxylic acid groups (broad SMARTS) is 1. The molecule has 0 radical (unpaired) electrons. The normalized spacial score (nSPS) is 11.4. The predicted octanol–water partition coefficient (Wildman–Crippen LogP) is 0.678. The molecule has 0 aliphatic carbocycles. The van der Waals surface area contributed by atoms with Crippen LogP contribution in [0.3, 0.4) is 0 Å². The zero-order valence-electron chi connectivity index (χ0n) is 12.3. The molecule has 0 bridgehead atoms. The molecule has 0 aliphatic rings. The number of methoxy groups -OCH3 is 2. The fourth-order valence-electron chi connectivity index (χ4n) is 1.43. The zero-order valence-corrected chi connectivity index (χ0v) is 12.3. The number of ether oxygens (including phenoxy) is 2. The van der Waals surface area contributed by atoms with Crippen molar-refractivity contribution in [2.24, 2.45) is 5.92 Å². The Morgan fingerprint density at radius 2 is 1.86 bits per heavy atom. The number of hydrogen-bond acceptors (Lipinski definition) is 6. The van der Waals surface area contributed by atoms with Crippen LogP contribution in [-0.2, 0) is 4.79 Å². The Morgan fingerprint density at radius 3 is 2.29 bits per heavy atom. The van der Waals surface area contributed by atoms with Crippen LogP contribution in [0, 0.1) is 5.92 Å².